The number of aliphatic hydroxyl groups excluding tert-OH is 1. The van der Waals surface area contributed by atoms with Crippen molar-refractivity contribution < 1.29 is 32.5 Å². The molecule has 0 aromatic heterocycles. The number of nitrogens with one attached hydrogen (secondary N) is 1. The van der Waals surface area contributed by atoms with Crippen LogP contribution in [-0.2, 0) is 39.0 Å². The molecule has 0 bridgehead atoms. The van der Waals surface area contributed by atoms with Crippen molar-refractivity contribution in [2.45, 2.75) is 57.4 Å². The number of benzene rings is 5. The lowest BCUT2D eigenvalue weighted by molar-refractivity contribution is -0.144. The van der Waals surface area contributed by atoms with Gasteiger partial charge in [-0.2, -0.15) is 0 Å². The number of sulfone groups is 1. The van der Waals surface area contributed by atoms with E-state index in [0.717, 1.165) is 50.9 Å². The first-order chi connectivity index (χ1) is 24.9. The van der Waals surface area contributed by atoms with Crippen molar-refractivity contribution in [1.29, 1.82) is 0 Å². The molecular formula is C42H46N2O7S. The number of aryl methyl sites for hydroxylation is 2. The number of hydrogen-bond acceptors (Lipinski definition) is 9. The summed E-state index contributed by atoms with van der Waals surface area (Å²) in [5.74, 6) is 0.590. The molecule has 0 aliphatic carbocycles. The van der Waals surface area contributed by atoms with Gasteiger partial charge in [-0.1, -0.05) is 91.0 Å². The molecule has 5 aromatic carbocycles. The summed E-state index contributed by atoms with van der Waals surface area (Å²) in [4.78, 5) is 12.2. The molecule has 5 aromatic rings. The Labute approximate surface area is 306 Å². The fraction of sp³-hybridized carbons (Fsp3) is 0.262. The predicted molar refractivity (Wildman–Crippen MR) is 204 cm³/mol. The molecule has 0 radical (unpaired) electrons. The Morgan fingerprint density at radius 2 is 1.40 bits per heavy atom. The Morgan fingerprint density at radius 1 is 0.808 bits per heavy atom. The SMILES string of the molecule is Cc1cc(OCCN[C@@H](C)[C@H](O)c2ccc(OCc3ccccc3)c(S(C)(=O)=O)c2N)cc(C)c1-c1ccc(CC(=O)OCc2ccccc2)cc1. The zero-order valence-corrected chi connectivity index (χ0v) is 30.8. The molecule has 2 atom stereocenters. The summed E-state index contributed by atoms with van der Waals surface area (Å²) in [5, 5.41) is 14.4. The molecule has 0 saturated heterocycles. The number of hydrogen-bond donors (Lipinski definition) is 3. The van der Waals surface area contributed by atoms with E-state index < -0.39 is 22.0 Å². The topological polar surface area (TPSA) is 137 Å². The fourth-order valence-corrected chi connectivity index (χ4v) is 7.14. The molecule has 0 aliphatic rings. The van der Waals surface area contributed by atoms with Crippen molar-refractivity contribution in [2.75, 3.05) is 25.1 Å². The molecule has 0 spiro atoms. The highest BCUT2D eigenvalue weighted by molar-refractivity contribution is 7.91. The van der Waals surface area contributed by atoms with Gasteiger partial charge < -0.3 is 30.4 Å². The average molecular weight is 723 g/mol. The summed E-state index contributed by atoms with van der Waals surface area (Å²) in [6.45, 7) is 7.05. The zero-order chi connectivity index (χ0) is 37.3. The Bertz CT molecular complexity index is 2050. The van der Waals surface area contributed by atoms with Crippen LogP contribution in [0.2, 0.25) is 0 Å². The fourth-order valence-electron chi connectivity index (χ4n) is 6.13. The Hall–Kier alpha value is -5.16. The van der Waals surface area contributed by atoms with Gasteiger partial charge in [-0.3, -0.25) is 4.79 Å². The van der Waals surface area contributed by atoms with Crippen LogP contribution in [0.3, 0.4) is 0 Å². The zero-order valence-electron chi connectivity index (χ0n) is 30.0. The summed E-state index contributed by atoms with van der Waals surface area (Å²) in [6, 6.07) is 33.6. The molecule has 0 amide bonds. The van der Waals surface area contributed by atoms with Crippen LogP contribution >= 0.6 is 0 Å². The van der Waals surface area contributed by atoms with Gasteiger partial charge in [0, 0.05) is 24.4 Å². The number of nitrogen functional groups attached to an aromatic ring is 1. The Balaban J connectivity index is 1.14. The van der Waals surface area contributed by atoms with E-state index in [4.69, 9.17) is 19.9 Å². The quantitative estimate of drug-likeness (QED) is 0.0564. The van der Waals surface area contributed by atoms with Gasteiger partial charge in [-0.05, 0) is 77.9 Å². The van der Waals surface area contributed by atoms with Crippen molar-refractivity contribution in [3.8, 4) is 22.6 Å². The lowest BCUT2D eigenvalue weighted by atomic mass is 9.94. The van der Waals surface area contributed by atoms with E-state index >= 15 is 0 Å². The van der Waals surface area contributed by atoms with Gasteiger partial charge in [0.15, 0.2) is 9.84 Å². The maximum atomic E-state index is 12.7. The molecule has 0 saturated carbocycles. The number of rotatable bonds is 16. The normalized spacial score (nSPS) is 12.6. The van der Waals surface area contributed by atoms with E-state index in [1.54, 1.807) is 13.0 Å². The van der Waals surface area contributed by atoms with Crippen LogP contribution in [0.4, 0.5) is 5.69 Å². The standard InChI is InChI=1S/C42H46N2O7S/c1-28-23-35(24-29(2)39(28)34-17-15-31(16-18-34)25-38(45)51-27-33-13-9-6-10-14-33)49-22-21-44-30(3)41(46)36-19-20-37(42(40(36)43)52(4,47)48)50-26-32-11-7-5-8-12-32/h5-20,23-24,30,41,44,46H,21-22,25-27,43H2,1-4H3/t30-,41-/m0/s1. The van der Waals surface area contributed by atoms with Gasteiger partial charge >= 0.3 is 5.97 Å². The molecule has 4 N–H and O–H groups in total. The average Bonchev–Trinajstić information content (AvgIpc) is 3.12. The largest absolute Gasteiger partial charge is 0.492 e. The third-order valence-electron chi connectivity index (χ3n) is 8.77. The molecule has 0 fully saturated rings. The van der Waals surface area contributed by atoms with E-state index in [1.807, 2.05) is 111 Å². The number of anilines is 1. The molecule has 0 unspecified atom stereocenters. The summed E-state index contributed by atoms with van der Waals surface area (Å²) < 4.78 is 42.8. The third-order valence-corrected chi connectivity index (χ3v) is 9.93. The number of carbonyl (C=O) groups excluding carboxylic acids is 1. The maximum Gasteiger partial charge on any atom is 0.310 e. The Kier molecular flexibility index (Phi) is 12.7. The summed E-state index contributed by atoms with van der Waals surface area (Å²) >= 11 is 0. The molecule has 9 nitrogen and oxygen atoms in total. The second-order valence-corrected chi connectivity index (χ2v) is 14.9. The number of esters is 1. The number of ether oxygens (including phenoxy) is 3. The van der Waals surface area contributed by atoms with E-state index in [1.165, 1.54) is 6.07 Å². The number of nitrogens with two attached hydrogens (primary N) is 1. The second-order valence-electron chi connectivity index (χ2n) is 12.9. The van der Waals surface area contributed by atoms with Gasteiger partial charge in [0.05, 0.1) is 18.2 Å². The summed E-state index contributed by atoms with van der Waals surface area (Å²) in [6.07, 6.45) is 0.190. The van der Waals surface area contributed by atoms with Gasteiger partial charge in [0.25, 0.3) is 0 Å². The van der Waals surface area contributed by atoms with Crippen molar-refractivity contribution in [2.24, 2.45) is 0 Å². The maximum absolute atomic E-state index is 12.7. The first-order valence-electron chi connectivity index (χ1n) is 17.1. The minimum absolute atomic E-state index is 0.0347. The van der Waals surface area contributed by atoms with Crippen LogP contribution in [0, 0.1) is 13.8 Å². The molecule has 0 heterocycles. The highest BCUT2D eigenvalue weighted by Gasteiger charge is 2.26. The van der Waals surface area contributed by atoms with Crippen molar-refractivity contribution in [1.82, 2.24) is 5.32 Å². The van der Waals surface area contributed by atoms with Crippen LogP contribution in [0.1, 0.15) is 46.4 Å². The van der Waals surface area contributed by atoms with Crippen LogP contribution in [-0.4, -0.2) is 44.9 Å². The summed E-state index contributed by atoms with van der Waals surface area (Å²) in [7, 11) is -3.76. The van der Waals surface area contributed by atoms with Crippen LogP contribution in [0.5, 0.6) is 11.5 Å². The number of aliphatic hydroxyl groups is 1. The molecular weight excluding hydrogens is 677 g/mol. The first-order valence-corrected chi connectivity index (χ1v) is 19.0. The van der Waals surface area contributed by atoms with E-state index in [2.05, 4.69) is 5.32 Å². The van der Waals surface area contributed by atoms with Crippen molar-refractivity contribution >= 4 is 21.5 Å². The highest BCUT2D eigenvalue weighted by Crippen LogP contribution is 2.37. The van der Waals surface area contributed by atoms with Crippen molar-refractivity contribution in [3.63, 3.8) is 0 Å². The van der Waals surface area contributed by atoms with E-state index in [-0.39, 0.29) is 41.9 Å². The molecule has 10 heteroatoms. The molecule has 5 rings (SSSR count). The van der Waals surface area contributed by atoms with E-state index in [9.17, 15) is 18.3 Å². The minimum atomic E-state index is -3.76. The van der Waals surface area contributed by atoms with E-state index in [0.29, 0.717) is 18.7 Å². The third kappa shape index (κ3) is 10.00. The lowest BCUT2D eigenvalue weighted by Gasteiger charge is -2.24. The van der Waals surface area contributed by atoms with Crippen molar-refractivity contribution in [3.05, 3.63) is 143 Å². The number of carbonyl (C=O) groups is 1. The first kappa shape index (κ1) is 38.1. The second kappa shape index (κ2) is 17.4. The van der Waals surface area contributed by atoms with Crippen LogP contribution in [0.15, 0.2) is 114 Å². The van der Waals surface area contributed by atoms with Gasteiger partial charge in [-0.15, -0.1) is 0 Å². The smallest absolute Gasteiger partial charge is 0.310 e. The Morgan fingerprint density at radius 3 is 2.00 bits per heavy atom. The molecule has 52 heavy (non-hydrogen) atoms. The molecule has 272 valence electrons. The van der Waals surface area contributed by atoms with Crippen LogP contribution in [0.25, 0.3) is 11.1 Å². The minimum Gasteiger partial charge on any atom is -0.492 e. The highest BCUT2D eigenvalue weighted by atomic mass is 32.2. The van der Waals surface area contributed by atoms with Gasteiger partial charge in [0.2, 0.25) is 0 Å². The van der Waals surface area contributed by atoms with Gasteiger partial charge in [0.1, 0.15) is 36.2 Å². The van der Waals surface area contributed by atoms with Gasteiger partial charge in [-0.25, -0.2) is 8.42 Å². The monoisotopic (exact) mass is 722 g/mol. The lowest BCUT2D eigenvalue weighted by Crippen LogP contribution is -2.35. The van der Waals surface area contributed by atoms with Crippen LogP contribution < -0.4 is 20.5 Å². The predicted octanol–water partition coefficient (Wildman–Crippen LogP) is 6.91. The summed E-state index contributed by atoms with van der Waals surface area (Å²) in [5.41, 5.74) is 13.6. The molecule has 0 aliphatic heterocycles.